The van der Waals surface area contributed by atoms with Crippen molar-refractivity contribution >= 4 is 25.6 Å². The molecule has 7 nitrogen and oxygen atoms in total. The molecule has 1 aromatic carbocycles. The molecule has 33 heavy (non-hydrogen) atoms. The lowest BCUT2D eigenvalue weighted by Crippen LogP contribution is -2.48. The Balaban J connectivity index is 1.56. The molecule has 1 heterocycles. The van der Waals surface area contributed by atoms with Crippen LogP contribution in [0.1, 0.15) is 39.2 Å². The zero-order chi connectivity index (χ0) is 24.2. The maximum absolute atomic E-state index is 6.49. The van der Waals surface area contributed by atoms with Gasteiger partial charge in [0.2, 0.25) is 0 Å². The predicted molar refractivity (Wildman–Crippen MR) is 134 cm³/mol. The minimum absolute atomic E-state index is 0.223. The van der Waals surface area contributed by atoms with Crippen LogP contribution >= 0.6 is 11.6 Å². The Morgan fingerprint density at radius 2 is 1.82 bits per heavy atom. The highest BCUT2D eigenvalue weighted by atomic mass is 35.5. The van der Waals surface area contributed by atoms with E-state index >= 15 is 0 Å². The number of nitrogens with one attached hydrogen (secondary N) is 1. The van der Waals surface area contributed by atoms with E-state index in [1.807, 2.05) is 18.2 Å². The summed E-state index contributed by atoms with van der Waals surface area (Å²) >= 11 is 6.09. The molecule has 1 fully saturated rings. The van der Waals surface area contributed by atoms with E-state index in [0.717, 1.165) is 29.9 Å². The van der Waals surface area contributed by atoms with Crippen LogP contribution in [0.15, 0.2) is 24.3 Å². The molecule has 3 rings (SSSR count). The van der Waals surface area contributed by atoms with E-state index in [1.54, 1.807) is 20.3 Å². The van der Waals surface area contributed by atoms with Gasteiger partial charge in [-0.25, -0.2) is 0 Å². The normalized spacial score (nSPS) is 18.4. The van der Waals surface area contributed by atoms with Gasteiger partial charge in [-0.15, -0.1) is 10.2 Å². The van der Waals surface area contributed by atoms with Crippen molar-refractivity contribution in [2.45, 2.75) is 64.4 Å². The lowest BCUT2D eigenvalue weighted by Gasteiger charge is -2.44. The first kappa shape index (κ1) is 25.6. The highest BCUT2D eigenvalue weighted by Crippen LogP contribution is 2.41. The predicted octanol–water partition coefficient (Wildman–Crippen LogP) is 5.94. The van der Waals surface area contributed by atoms with Crippen molar-refractivity contribution in [1.29, 1.82) is 0 Å². The Bertz CT molecular complexity index is 946. The maximum Gasteiger partial charge on any atom is 0.257 e. The van der Waals surface area contributed by atoms with Crippen molar-refractivity contribution in [3.05, 3.63) is 35.0 Å². The van der Waals surface area contributed by atoms with Crippen molar-refractivity contribution in [3.63, 3.8) is 0 Å². The van der Waals surface area contributed by atoms with E-state index in [2.05, 4.69) is 49.4 Å². The van der Waals surface area contributed by atoms with Crippen molar-refractivity contribution in [3.8, 4) is 17.4 Å². The number of anilines is 1. The van der Waals surface area contributed by atoms with Gasteiger partial charge in [-0.1, -0.05) is 32.4 Å². The summed E-state index contributed by atoms with van der Waals surface area (Å²) in [5.74, 6) is 2.37. The quantitative estimate of drug-likeness (QED) is 0.410. The molecule has 0 bridgehead atoms. The minimum atomic E-state index is -1.73. The van der Waals surface area contributed by atoms with Gasteiger partial charge < -0.3 is 24.0 Å². The van der Waals surface area contributed by atoms with E-state index < -0.39 is 8.32 Å². The van der Waals surface area contributed by atoms with Gasteiger partial charge in [-0.3, -0.25) is 0 Å². The SMILES string of the molecule is COc1ccc(CNc2cc(Cl)nnc2OCC2CC(O[Si](C)(C)C(C)(C)C)C2)c(OC)c1. The summed E-state index contributed by atoms with van der Waals surface area (Å²) in [6.07, 6.45) is 2.36. The zero-order valence-electron chi connectivity index (χ0n) is 20.7. The molecule has 0 amide bonds. The molecular weight excluding hydrogens is 458 g/mol. The fourth-order valence-electron chi connectivity index (χ4n) is 3.48. The number of aromatic nitrogens is 2. The molecular formula is C24H36ClN3O4Si. The first-order valence-electron chi connectivity index (χ1n) is 11.3. The molecule has 1 N–H and O–H groups in total. The number of ether oxygens (including phenoxy) is 3. The molecule has 1 aliphatic rings. The van der Waals surface area contributed by atoms with E-state index in [-0.39, 0.29) is 5.04 Å². The first-order chi connectivity index (χ1) is 15.5. The number of methoxy groups -OCH3 is 2. The van der Waals surface area contributed by atoms with Gasteiger partial charge in [0, 0.05) is 30.3 Å². The van der Waals surface area contributed by atoms with E-state index in [1.165, 1.54) is 0 Å². The average molecular weight is 494 g/mol. The monoisotopic (exact) mass is 493 g/mol. The second-order valence-electron chi connectivity index (χ2n) is 10.1. The fraction of sp³-hybridized carbons (Fsp3) is 0.583. The molecule has 2 aromatic rings. The molecule has 0 radical (unpaired) electrons. The molecule has 0 unspecified atom stereocenters. The number of nitrogens with zero attached hydrogens (tertiary/aromatic N) is 2. The molecule has 9 heteroatoms. The van der Waals surface area contributed by atoms with Crippen LogP contribution in [0.2, 0.25) is 23.3 Å². The van der Waals surface area contributed by atoms with Gasteiger partial charge in [0.25, 0.3) is 5.88 Å². The lowest BCUT2D eigenvalue weighted by atomic mass is 9.83. The third-order valence-electron chi connectivity index (χ3n) is 6.61. The van der Waals surface area contributed by atoms with Crippen molar-refractivity contribution in [1.82, 2.24) is 10.2 Å². The number of rotatable bonds is 10. The van der Waals surface area contributed by atoms with Gasteiger partial charge in [-0.2, -0.15) is 0 Å². The molecule has 0 saturated heterocycles. The third-order valence-corrected chi connectivity index (χ3v) is 11.3. The standard InChI is InChI=1S/C24H36ClN3O4Si/c1-24(2,3)33(6,7)32-19-10-16(11-19)15-31-23-20(13-22(25)27-28-23)26-14-17-8-9-18(29-4)12-21(17)30-5/h8-9,12-13,16,19H,10-11,14-15H2,1-7H3,(H,26,27). The minimum Gasteiger partial charge on any atom is -0.497 e. The van der Waals surface area contributed by atoms with E-state index in [4.69, 9.17) is 30.2 Å². The average Bonchev–Trinajstić information content (AvgIpc) is 2.73. The summed E-state index contributed by atoms with van der Waals surface area (Å²) < 4.78 is 23.3. The maximum atomic E-state index is 6.49. The molecule has 1 aliphatic carbocycles. The Morgan fingerprint density at radius 1 is 1.09 bits per heavy atom. The molecule has 0 spiro atoms. The van der Waals surface area contributed by atoms with Gasteiger partial charge >= 0.3 is 0 Å². The Hall–Kier alpha value is -2.03. The van der Waals surface area contributed by atoms with E-state index in [9.17, 15) is 0 Å². The van der Waals surface area contributed by atoms with Crippen molar-refractivity contribution in [2.75, 3.05) is 26.1 Å². The Morgan fingerprint density at radius 3 is 2.45 bits per heavy atom. The van der Waals surface area contributed by atoms with Crippen molar-refractivity contribution < 1.29 is 18.6 Å². The van der Waals surface area contributed by atoms with Crippen LogP contribution < -0.4 is 19.5 Å². The molecule has 0 atom stereocenters. The summed E-state index contributed by atoms with van der Waals surface area (Å²) in [6.45, 7) is 12.5. The van der Waals surface area contributed by atoms with Crippen LogP contribution in [-0.2, 0) is 11.0 Å². The topological polar surface area (TPSA) is 74.7 Å². The first-order valence-corrected chi connectivity index (χ1v) is 14.6. The molecule has 1 aromatic heterocycles. The third kappa shape index (κ3) is 6.52. The van der Waals surface area contributed by atoms with Crippen LogP contribution in [0, 0.1) is 5.92 Å². The highest BCUT2D eigenvalue weighted by Gasteiger charge is 2.42. The van der Waals surface area contributed by atoms with E-state index in [0.29, 0.717) is 41.9 Å². The van der Waals surface area contributed by atoms with Crippen molar-refractivity contribution in [2.24, 2.45) is 5.92 Å². The zero-order valence-corrected chi connectivity index (χ0v) is 22.5. The van der Waals surface area contributed by atoms with Crippen LogP contribution in [0.5, 0.6) is 17.4 Å². The van der Waals surface area contributed by atoms with Gasteiger partial charge in [0.15, 0.2) is 13.5 Å². The molecule has 1 saturated carbocycles. The summed E-state index contributed by atoms with van der Waals surface area (Å²) in [6, 6.07) is 7.43. The summed E-state index contributed by atoms with van der Waals surface area (Å²) in [7, 11) is 1.53. The summed E-state index contributed by atoms with van der Waals surface area (Å²) in [5.41, 5.74) is 1.67. The molecule has 182 valence electrons. The van der Waals surface area contributed by atoms with Gasteiger partial charge in [-0.05, 0) is 49.0 Å². The smallest absolute Gasteiger partial charge is 0.257 e. The highest BCUT2D eigenvalue weighted by molar-refractivity contribution is 6.74. The Labute approximate surface area is 203 Å². The fourth-order valence-corrected chi connectivity index (χ4v) is 5.00. The largest absolute Gasteiger partial charge is 0.497 e. The van der Waals surface area contributed by atoms with Gasteiger partial charge in [0.05, 0.1) is 20.8 Å². The number of halogens is 1. The summed E-state index contributed by atoms with van der Waals surface area (Å²) in [5, 5.41) is 12.0. The lowest BCUT2D eigenvalue weighted by molar-refractivity contribution is 0.0279. The van der Waals surface area contributed by atoms with Gasteiger partial charge in [0.1, 0.15) is 17.2 Å². The van der Waals surface area contributed by atoms with Crippen LogP contribution in [0.4, 0.5) is 5.69 Å². The second kappa shape index (κ2) is 10.5. The van der Waals surface area contributed by atoms with Crippen LogP contribution in [0.3, 0.4) is 0 Å². The Kier molecular flexibility index (Phi) is 8.13. The summed E-state index contributed by atoms with van der Waals surface area (Å²) in [4.78, 5) is 0. The number of hydrogen-bond donors (Lipinski definition) is 1. The number of hydrogen-bond acceptors (Lipinski definition) is 7. The number of benzene rings is 1. The van der Waals surface area contributed by atoms with Crippen LogP contribution in [0.25, 0.3) is 0 Å². The molecule has 0 aliphatic heterocycles. The van der Waals surface area contributed by atoms with Crippen LogP contribution in [-0.4, -0.2) is 45.4 Å². The second-order valence-corrected chi connectivity index (χ2v) is 15.2.